The average molecular weight is 200 g/mol. The number of carbonyl (C=O) groups excluding carboxylic acids is 1. The van der Waals surface area contributed by atoms with Crippen LogP contribution >= 0.6 is 0 Å². The summed E-state index contributed by atoms with van der Waals surface area (Å²) in [4.78, 5) is 11.5. The maximum atomic E-state index is 11.5. The molecule has 82 valence electrons. The van der Waals surface area contributed by atoms with Gasteiger partial charge in [-0.25, -0.2) is 0 Å². The minimum absolute atomic E-state index is 0.0580. The van der Waals surface area contributed by atoms with Crippen LogP contribution in [0.5, 0.6) is 0 Å². The Balaban J connectivity index is 2.44. The van der Waals surface area contributed by atoms with Crippen LogP contribution in [0.25, 0.3) is 0 Å². The summed E-state index contributed by atoms with van der Waals surface area (Å²) in [5.41, 5.74) is 5.37. The van der Waals surface area contributed by atoms with Gasteiger partial charge in [0.2, 0.25) is 5.91 Å². The Bertz CT molecular complexity index is 228. The Morgan fingerprint density at radius 3 is 2.64 bits per heavy atom. The fourth-order valence-corrected chi connectivity index (χ4v) is 1.61. The van der Waals surface area contributed by atoms with E-state index in [-0.39, 0.29) is 23.5 Å². The first-order valence-corrected chi connectivity index (χ1v) is 5.13. The van der Waals surface area contributed by atoms with Gasteiger partial charge in [-0.15, -0.1) is 0 Å². The Morgan fingerprint density at radius 2 is 2.29 bits per heavy atom. The zero-order valence-corrected chi connectivity index (χ0v) is 9.08. The number of nitrogens with two attached hydrogens (primary N) is 1. The van der Waals surface area contributed by atoms with Crippen molar-refractivity contribution in [2.75, 3.05) is 0 Å². The molecular weight excluding hydrogens is 180 g/mol. The van der Waals surface area contributed by atoms with E-state index in [1.54, 1.807) is 0 Å². The second-order valence-electron chi connectivity index (χ2n) is 4.65. The van der Waals surface area contributed by atoms with E-state index in [4.69, 9.17) is 5.73 Å². The van der Waals surface area contributed by atoms with Gasteiger partial charge >= 0.3 is 0 Å². The molecule has 1 aliphatic rings. The van der Waals surface area contributed by atoms with Crippen LogP contribution in [-0.2, 0) is 4.79 Å². The van der Waals surface area contributed by atoms with Gasteiger partial charge in [0.05, 0.1) is 12.1 Å². The van der Waals surface area contributed by atoms with E-state index in [2.05, 4.69) is 5.32 Å². The van der Waals surface area contributed by atoms with Gasteiger partial charge in [0.25, 0.3) is 0 Å². The summed E-state index contributed by atoms with van der Waals surface area (Å²) in [6.07, 6.45) is 0.960. The van der Waals surface area contributed by atoms with Crippen molar-refractivity contribution in [3.63, 3.8) is 0 Å². The molecule has 0 heterocycles. The maximum Gasteiger partial charge on any atom is 0.237 e. The van der Waals surface area contributed by atoms with Crippen LogP contribution in [0.15, 0.2) is 0 Å². The van der Waals surface area contributed by atoms with Crippen molar-refractivity contribution in [3.05, 3.63) is 0 Å². The molecule has 2 unspecified atom stereocenters. The smallest absolute Gasteiger partial charge is 0.237 e. The SMILES string of the molecule is CC[C@H](N)C(=O)NC1CC(O)C1(C)C. The summed E-state index contributed by atoms with van der Waals surface area (Å²) in [5, 5.41) is 12.3. The van der Waals surface area contributed by atoms with Gasteiger partial charge < -0.3 is 16.2 Å². The summed E-state index contributed by atoms with van der Waals surface area (Å²) in [7, 11) is 0. The topological polar surface area (TPSA) is 75.4 Å². The highest BCUT2D eigenvalue weighted by molar-refractivity contribution is 5.81. The molecule has 0 spiro atoms. The fraction of sp³-hybridized carbons (Fsp3) is 0.900. The second-order valence-corrected chi connectivity index (χ2v) is 4.65. The first-order chi connectivity index (χ1) is 6.39. The molecule has 0 radical (unpaired) electrons. The van der Waals surface area contributed by atoms with Gasteiger partial charge in [-0.1, -0.05) is 20.8 Å². The number of aliphatic hydroxyl groups is 1. The Labute approximate surface area is 84.9 Å². The van der Waals surface area contributed by atoms with Crippen molar-refractivity contribution in [1.82, 2.24) is 5.32 Å². The molecule has 1 saturated carbocycles. The molecule has 0 bridgehead atoms. The third kappa shape index (κ3) is 1.91. The molecule has 1 amide bonds. The number of hydrogen-bond donors (Lipinski definition) is 3. The first-order valence-electron chi connectivity index (χ1n) is 5.13. The molecule has 0 aliphatic heterocycles. The maximum absolute atomic E-state index is 11.5. The number of nitrogens with one attached hydrogen (secondary N) is 1. The Kier molecular flexibility index (Phi) is 3.17. The zero-order chi connectivity index (χ0) is 10.9. The number of rotatable bonds is 3. The molecule has 1 fully saturated rings. The van der Waals surface area contributed by atoms with Crippen LogP contribution in [0.3, 0.4) is 0 Å². The molecule has 1 aliphatic carbocycles. The minimum Gasteiger partial charge on any atom is -0.392 e. The van der Waals surface area contributed by atoms with E-state index in [0.29, 0.717) is 12.8 Å². The Morgan fingerprint density at radius 1 is 1.71 bits per heavy atom. The highest BCUT2D eigenvalue weighted by Crippen LogP contribution is 2.40. The molecule has 1 rings (SSSR count). The highest BCUT2D eigenvalue weighted by atomic mass is 16.3. The lowest BCUT2D eigenvalue weighted by Crippen LogP contribution is -2.62. The number of carbonyl (C=O) groups is 1. The molecule has 0 saturated heterocycles. The highest BCUT2D eigenvalue weighted by Gasteiger charge is 2.48. The van der Waals surface area contributed by atoms with Crippen molar-refractivity contribution in [2.45, 2.75) is 51.8 Å². The van der Waals surface area contributed by atoms with E-state index in [1.807, 2.05) is 20.8 Å². The predicted octanol–water partition coefficient (Wildman–Crippen LogP) is -0.000700. The summed E-state index contributed by atoms with van der Waals surface area (Å²) >= 11 is 0. The summed E-state index contributed by atoms with van der Waals surface area (Å²) < 4.78 is 0. The first kappa shape index (κ1) is 11.5. The number of amides is 1. The monoisotopic (exact) mass is 200 g/mol. The molecule has 0 aromatic carbocycles. The number of hydrogen-bond acceptors (Lipinski definition) is 3. The van der Waals surface area contributed by atoms with Gasteiger partial charge in [0, 0.05) is 11.5 Å². The van der Waals surface area contributed by atoms with Crippen molar-refractivity contribution in [2.24, 2.45) is 11.1 Å². The van der Waals surface area contributed by atoms with Crippen LogP contribution in [0.2, 0.25) is 0 Å². The van der Waals surface area contributed by atoms with E-state index in [0.717, 1.165) is 0 Å². The van der Waals surface area contributed by atoms with Crippen LogP contribution in [-0.4, -0.2) is 29.2 Å². The standard InChI is InChI=1S/C10H20N2O2/c1-4-6(11)9(14)12-7-5-8(13)10(7,2)3/h6-8,13H,4-5,11H2,1-3H3,(H,12,14)/t6-,7?,8?/m0/s1. The zero-order valence-electron chi connectivity index (χ0n) is 9.08. The van der Waals surface area contributed by atoms with Gasteiger partial charge in [-0.2, -0.15) is 0 Å². The third-order valence-corrected chi connectivity index (χ3v) is 3.31. The van der Waals surface area contributed by atoms with E-state index < -0.39 is 6.04 Å². The fourth-order valence-electron chi connectivity index (χ4n) is 1.61. The van der Waals surface area contributed by atoms with E-state index in [1.165, 1.54) is 0 Å². The number of aliphatic hydroxyl groups excluding tert-OH is 1. The van der Waals surface area contributed by atoms with Gasteiger partial charge in [0.15, 0.2) is 0 Å². The normalized spacial score (nSPS) is 31.8. The van der Waals surface area contributed by atoms with Gasteiger partial charge in [0.1, 0.15) is 0 Å². The van der Waals surface area contributed by atoms with Crippen LogP contribution in [0.4, 0.5) is 0 Å². The predicted molar refractivity (Wildman–Crippen MR) is 54.6 cm³/mol. The van der Waals surface area contributed by atoms with Crippen LogP contribution in [0, 0.1) is 5.41 Å². The largest absolute Gasteiger partial charge is 0.392 e. The third-order valence-electron chi connectivity index (χ3n) is 3.31. The van der Waals surface area contributed by atoms with Crippen molar-refractivity contribution < 1.29 is 9.90 Å². The van der Waals surface area contributed by atoms with E-state index >= 15 is 0 Å². The van der Waals surface area contributed by atoms with Crippen LogP contribution < -0.4 is 11.1 Å². The molecule has 4 N–H and O–H groups in total. The quantitative estimate of drug-likeness (QED) is 0.600. The van der Waals surface area contributed by atoms with Crippen molar-refractivity contribution in [3.8, 4) is 0 Å². The molecule has 4 heteroatoms. The molecule has 14 heavy (non-hydrogen) atoms. The lowest BCUT2D eigenvalue weighted by atomic mass is 9.64. The lowest BCUT2D eigenvalue weighted by molar-refractivity contribution is -0.130. The van der Waals surface area contributed by atoms with Crippen molar-refractivity contribution >= 4 is 5.91 Å². The summed E-state index contributed by atoms with van der Waals surface area (Å²) in [6, 6.07) is -0.369. The molecule has 0 aromatic heterocycles. The lowest BCUT2D eigenvalue weighted by Gasteiger charge is -2.49. The Hall–Kier alpha value is -0.610. The van der Waals surface area contributed by atoms with Gasteiger partial charge in [-0.3, -0.25) is 4.79 Å². The molecule has 4 nitrogen and oxygen atoms in total. The summed E-state index contributed by atoms with van der Waals surface area (Å²) in [5.74, 6) is -0.113. The van der Waals surface area contributed by atoms with Crippen LogP contribution in [0.1, 0.15) is 33.6 Å². The van der Waals surface area contributed by atoms with Crippen molar-refractivity contribution in [1.29, 1.82) is 0 Å². The second kappa shape index (κ2) is 3.87. The average Bonchev–Trinajstić information content (AvgIpc) is 2.16. The molecule has 3 atom stereocenters. The molecule has 0 aromatic rings. The van der Waals surface area contributed by atoms with Gasteiger partial charge in [-0.05, 0) is 12.8 Å². The summed E-state index contributed by atoms with van der Waals surface area (Å²) in [6.45, 7) is 5.78. The minimum atomic E-state index is -0.427. The molecular formula is C10H20N2O2. The van der Waals surface area contributed by atoms with E-state index in [9.17, 15) is 9.90 Å².